The van der Waals surface area contributed by atoms with Gasteiger partial charge in [-0.2, -0.15) is 0 Å². The molecule has 0 spiro atoms. The Labute approximate surface area is 109 Å². The first kappa shape index (κ1) is 12.9. The molecule has 3 heteroatoms. The van der Waals surface area contributed by atoms with Crippen molar-refractivity contribution < 1.29 is 4.79 Å². The number of benzene rings is 1. The van der Waals surface area contributed by atoms with E-state index in [-0.39, 0.29) is 5.91 Å². The van der Waals surface area contributed by atoms with Crippen LogP contribution in [0.2, 0.25) is 0 Å². The molecule has 3 nitrogen and oxygen atoms in total. The normalized spacial score (nSPS) is 23.4. The molecule has 18 heavy (non-hydrogen) atoms. The monoisotopic (exact) mass is 246 g/mol. The number of hydrogen-bond acceptors (Lipinski definition) is 2. The number of anilines is 1. The molecule has 1 aromatic carbocycles. The van der Waals surface area contributed by atoms with Gasteiger partial charge in [0.2, 0.25) is 0 Å². The lowest BCUT2D eigenvalue weighted by atomic mass is 9.87. The Morgan fingerprint density at radius 3 is 2.61 bits per heavy atom. The molecule has 0 aliphatic heterocycles. The number of nitrogens with one attached hydrogen (secondary N) is 2. The van der Waals surface area contributed by atoms with Crippen LogP contribution in [-0.2, 0) is 0 Å². The summed E-state index contributed by atoms with van der Waals surface area (Å²) in [7, 11) is 1.66. The topological polar surface area (TPSA) is 41.1 Å². The average molecular weight is 246 g/mol. The van der Waals surface area contributed by atoms with Crippen molar-refractivity contribution in [1.29, 1.82) is 0 Å². The highest BCUT2D eigenvalue weighted by Crippen LogP contribution is 2.26. The Balaban J connectivity index is 1.99. The largest absolute Gasteiger partial charge is 0.382 e. The molecule has 2 rings (SSSR count). The minimum Gasteiger partial charge on any atom is -0.382 e. The summed E-state index contributed by atoms with van der Waals surface area (Å²) >= 11 is 0. The molecule has 1 aliphatic rings. The van der Waals surface area contributed by atoms with Crippen molar-refractivity contribution in [3.8, 4) is 0 Å². The first-order chi connectivity index (χ1) is 8.69. The lowest BCUT2D eigenvalue weighted by Crippen LogP contribution is -2.25. The number of amides is 1. The fourth-order valence-electron chi connectivity index (χ4n) is 2.53. The van der Waals surface area contributed by atoms with Crippen LogP contribution < -0.4 is 10.6 Å². The number of rotatable bonds is 3. The van der Waals surface area contributed by atoms with Gasteiger partial charge in [0.05, 0.1) is 0 Å². The average Bonchev–Trinajstić information content (AvgIpc) is 2.41. The van der Waals surface area contributed by atoms with Crippen LogP contribution in [0.5, 0.6) is 0 Å². The Hall–Kier alpha value is -1.51. The quantitative estimate of drug-likeness (QED) is 0.860. The number of carbonyl (C=O) groups is 1. The van der Waals surface area contributed by atoms with Crippen LogP contribution in [0.15, 0.2) is 24.3 Å². The van der Waals surface area contributed by atoms with Crippen molar-refractivity contribution >= 4 is 11.6 Å². The van der Waals surface area contributed by atoms with E-state index in [9.17, 15) is 4.79 Å². The lowest BCUT2D eigenvalue weighted by Gasteiger charge is -2.27. The highest BCUT2D eigenvalue weighted by molar-refractivity contribution is 5.94. The Morgan fingerprint density at radius 2 is 1.94 bits per heavy atom. The summed E-state index contributed by atoms with van der Waals surface area (Å²) in [5, 5.41) is 6.19. The van der Waals surface area contributed by atoms with E-state index in [2.05, 4.69) is 17.6 Å². The number of carbonyl (C=O) groups excluding carboxylic acids is 1. The molecule has 1 aliphatic carbocycles. The molecule has 1 aromatic rings. The predicted octanol–water partition coefficient (Wildman–Crippen LogP) is 3.04. The van der Waals surface area contributed by atoms with Crippen molar-refractivity contribution in [1.82, 2.24) is 5.32 Å². The smallest absolute Gasteiger partial charge is 0.251 e. The molecular formula is C15H22N2O. The summed E-state index contributed by atoms with van der Waals surface area (Å²) in [6.07, 6.45) is 5.05. The van der Waals surface area contributed by atoms with Crippen molar-refractivity contribution in [2.24, 2.45) is 5.92 Å². The van der Waals surface area contributed by atoms with Crippen LogP contribution in [0.25, 0.3) is 0 Å². The summed E-state index contributed by atoms with van der Waals surface area (Å²) in [5.74, 6) is 0.830. The molecule has 1 fully saturated rings. The van der Waals surface area contributed by atoms with Gasteiger partial charge in [-0.25, -0.2) is 0 Å². The maximum atomic E-state index is 11.6. The zero-order valence-electron chi connectivity index (χ0n) is 11.2. The Morgan fingerprint density at radius 1 is 1.22 bits per heavy atom. The second-order valence-electron chi connectivity index (χ2n) is 5.26. The fourth-order valence-corrected chi connectivity index (χ4v) is 2.53. The minimum absolute atomic E-state index is 0.0316. The Kier molecular flexibility index (Phi) is 4.24. The lowest BCUT2D eigenvalue weighted by molar-refractivity contribution is 0.0963. The Bertz CT molecular complexity index is 409. The molecule has 0 radical (unpaired) electrons. The van der Waals surface area contributed by atoms with Gasteiger partial charge in [-0.15, -0.1) is 0 Å². The first-order valence-corrected chi connectivity index (χ1v) is 6.77. The molecule has 0 bridgehead atoms. The highest BCUT2D eigenvalue weighted by Gasteiger charge is 2.18. The first-order valence-electron chi connectivity index (χ1n) is 6.77. The highest BCUT2D eigenvalue weighted by atomic mass is 16.1. The van der Waals surface area contributed by atoms with E-state index in [1.807, 2.05) is 24.3 Å². The second kappa shape index (κ2) is 5.89. The molecule has 0 aromatic heterocycles. The van der Waals surface area contributed by atoms with Crippen molar-refractivity contribution in [3.63, 3.8) is 0 Å². The molecule has 0 heterocycles. The van der Waals surface area contributed by atoms with E-state index >= 15 is 0 Å². The van der Waals surface area contributed by atoms with Gasteiger partial charge in [-0.1, -0.05) is 13.0 Å². The van der Waals surface area contributed by atoms with Crippen LogP contribution in [0.3, 0.4) is 0 Å². The standard InChI is InChI=1S/C15H22N2O/c1-11-6-8-13(9-7-11)17-14-5-3-4-12(10-14)15(18)16-2/h3-5,10-11,13,17H,6-9H2,1-2H3,(H,16,18). The molecule has 2 N–H and O–H groups in total. The van der Waals surface area contributed by atoms with Crippen molar-refractivity contribution in [3.05, 3.63) is 29.8 Å². The van der Waals surface area contributed by atoms with Crippen LogP contribution in [-0.4, -0.2) is 19.0 Å². The molecule has 1 amide bonds. The van der Waals surface area contributed by atoms with Crippen molar-refractivity contribution in [2.45, 2.75) is 38.6 Å². The van der Waals surface area contributed by atoms with Gasteiger partial charge in [-0.3, -0.25) is 4.79 Å². The third-order valence-corrected chi connectivity index (χ3v) is 3.74. The summed E-state index contributed by atoms with van der Waals surface area (Å²) in [5.41, 5.74) is 1.77. The summed E-state index contributed by atoms with van der Waals surface area (Å²) in [4.78, 5) is 11.6. The second-order valence-corrected chi connectivity index (χ2v) is 5.26. The molecule has 98 valence electrons. The van der Waals surface area contributed by atoms with Gasteiger partial charge in [0, 0.05) is 24.3 Å². The van der Waals surface area contributed by atoms with E-state index in [4.69, 9.17) is 0 Å². The molecule has 1 saturated carbocycles. The van der Waals surface area contributed by atoms with Crippen LogP contribution in [0.1, 0.15) is 43.0 Å². The zero-order chi connectivity index (χ0) is 13.0. The summed E-state index contributed by atoms with van der Waals surface area (Å²) < 4.78 is 0. The van der Waals surface area contributed by atoms with E-state index in [0.29, 0.717) is 11.6 Å². The van der Waals surface area contributed by atoms with Gasteiger partial charge in [0.15, 0.2) is 0 Å². The zero-order valence-corrected chi connectivity index (χ0v) is 11.2. The molecule has 0 atom stereocenters. The molecule has 0 unspecified atom stereocenters. The SMILES string of the molecule is CNC(=O)c1cccc(NC2CCC(C)CC2)c1. The van der Waals surface area contributed by atoms with Gasteiger partial charge in [0.1, 0.15) is 0 Å². The van der Waals surface area contributed by atoms with E-state index in [0.717, 1.165) is 11.6 Å². The molecular weight excluding hydrogens is 224 g/mol. The maximum Gasteiger partial charge on any atom is 0.251 e. The van der Waals surface area contributed by atoms with E-state index in [1.165, 1.54) is 25.7 Å². The van der Waals surface area contributed by atoms with Gasteiger partial charge < -0.3 is 10.6 Å². The minimum atomic E-state index is -0.0316. The van der Waals surface area contributed by atoms with Crippen LogP contribution in [0.4, 0.5) is 5.69 Å². The fraction of sp³-hybridized carbons (Fsp3) is 0.533. The van der Waals surface area contributed by atoms with E-state index < -0.39 is 0 Å². The van der Waals surface area contributed by atoms with Gasteiger partial charge in [-0.05, 0) is 49.8 Å². The molecule has 0 saturated heterocycles. The third-order valence-electron chi connectivity index (χ3n) is 3.74. The van der Waals surface area contributed by atoms with Crippen LogP contribution >= 0.6 is 0 Å². The number of hydrogen-bond donors (Lipinski definition) is 2. The third kappa shape index (κ3) is 3.25. The van der Waals surface area contributed by atoms with Gasteiger partial charge in [0.25, 0.3) is 5.91 Å². The maximum absolute atomic E-state index is 11.6. The van der Waals surface area contributed by atoms with Crippen molar-refractivity contribution in [2.75, 3.05) is 12.4 Å². The summed E-state index contributed by atoms with van der Waals surface area (Å²) in [6.45, 7) is 2.32. The van der Waals surface area contributed by atoms with Gasteiger partial charge >= 0.3 is 0 Å². The van der Waals surface area contributed by atoms with E-state index in [1.54, 1.807) is 7.05 Å². The predicted molar refractivity (Wildman–Crippen MR) is 74.9 cm³/mol. The summed E-state index contributed by atoms with van der Waals surface area (Å²) in [6, 6.07) is 8.29. The van der Waals surface area contributed by atoms with Crippen LogP contribution in [0, 0.1) is 5.92 Å².